The first-order chi connectivity index (χ1) is 15.7. The normalized spacial score (nSPS) is 19.8. The number of benzene rings is 1. The number of aliphatic carboxylic acids is 1. The lowest BCUT2D eigenvalue weighted by Gasteiger charge is -2.26. The highest BCUT2D eigenvalue weighted by Gasteiger charge is 2.30. The summed E-state index contributed by atoms with van der Waals surface area (Å²) < 4.78 is 12.5. The highest BCUT2D eigenvalue weighted by molar-refractivity contribution is 7.99. The molecule has 33 heavy (non-hydrogen) atoms. The van der Waals surface area contributed by atoms with Crippen molar-refractivity contribution in [3.8, 4) is 11.5 Å². The van der Waals surface area contributed by atoms with E-state index in [0.717, 1.165) is 18.4 Å². The average Bonchev–Trinajstić information content (AvgIpc) is 3.36. The van der Waals surface area contributed by atoms with Crippen molar-refractivity contribution < 1.29 is 29.3 Å². The maximum absolute atomic E-state index is 12.3. The van der Waals surface area contributed by atoms with E-state index in [-0.39, 0.29) is 36.8 Å². The second kappa shape index (κ2) is 9.85. The third kappa shape index (κ3) is 5.09. The van der Waals surface area contributed by atoms with Crippen LogP contribution in [0.2, 0.25) is 5.02 Å². The van der Waals surface area contributed by atoms with Crippen LogP contribution in [0.4, 0.5) is 0 Å². The Morgan fingerprint density at radius 2 is 1.97 bits per heavy atom. The fraction of sp³-hybridized carbons (Fsp3) is 0.522. The van der Waals surface area contributed by atoms with Crippen LogP contribution < -0.4 is 9.47 Å². The first kappa shape index (κ1) is 23.8. The van der Waals surface area contributed by atoms with Crippen LogP contribution >= 0.6 is 23.4 Å². The number of nitrogens with zero attached hydrogens (tertiary/aromatic N) is 2. The number of carboxylic acids is 2. The molecule has 1 aromatic heterocycles. The molecule has 1 aliphatic carbocycles. The molecule has 1 fully saturated rings. The standard InChI is InChI=1S/C23H27ClN2O6S/c1-12(2)20-25-21(33-10-13-4-3-5-14(6-13)22(27)28)19(23(29)30)26(20)9-15-7-17-18(8-16(15)24)32-11-31-17/h7-8,12-14H,3-6,9-11H2,1-2H3,(H,27,28)(H,29,30). The van der Waals surface area contributed by atoms with E-state index < -0.39 is 11.9 Å². The van der Waals surface area contributed by atoms with Crippen molar-refractivity contribution in [3.63, 3.8) is 0 Å². The third-order valence-corrected chi connectivity index (χ3v) is 7.69. The Hall–Kier alpha value is -2.39. The van der Waals surface area contributed by atoms with Crippen molar-refractivity contribution in [2.24, 2.45) is 11.8 Å². The number of aromatic nitrogens is 2. The number of imidazole rings is 1. The quantitative estimate of drug-likeness (QED) is 0.486. The van der Waals surface area contributed by atoms with Gasteiger partial charge in [-0.3, -0.25) is 4.79 Å². The minimum atomic E-state index is -1.05. The summed E-state index contributed by atoms with van der Waals surface area (Å²) in [5.41, 5.74) is 0.846. The van der Waals surface area contributed by atoms with E-state index in [1.54, 1.807) is 16.7 Å². The largest absolute Gasteiger partial charge is 0.481 e. The zero-order chi connectivity index (χ0) is 23.7. The minimum Gasteiger partial charge on any atom is -0.481 e. The molecule has 1 aromatic carbocycles. The van der Waals surface area contributed by atoms with Gasteiger partial charge in [0.1, 0.15) is 10.9 Å². The van der Waals surface area contributed by atoms with Gasteiger partial charge < -0.3 is 24.3 Å². The first-order valence-electron chi connectivity index (χ1n) is 11.0. The molecule has 1 aliphatic heterocycles. The number of thioether (sulfide) groups is 1. The number of hydrogen-bond donors (Lipinski definition) is 2. The second-order valence-electron chi connectivity index (χ2n) is 8.85. The van der Waals surface area contributed by atoms with Crippen molar-refractivity contribution in [3.05, 3.63) is 34.2 Å². The van der Waals surface area contributed by atoms with Gasteiger partial charge in [0.05, 0.1) is 12.5 Å². The Kier molecular flexibility index (Phi) is 7.09. The second-order valence-corrected chi connectivity index (χ2v) is 10.3. The summed E-state index contributed by atoms with van der Waals surface area (Å²) in [7, 11) is 0. The number of hydrogen-bond acceptors (Lipinski definition) is 6. The molecule has 10 heteroatoms. The predicted octanol–water partition coefficient (Wildman–Crippen LogP) is 5.12. The SMILES string of the molecule is CC(C)c1nc(SCC2CCCC(C(=O)O)C2)c(C(=O)O)n1Cc1cc2c(cc1Cl)OCO2. The van der Waals surface area contributed by atoms with Gasteiger partial charge in [-0.2, -0.15) is 0 Å². The highest BCUT2D eigenvalue weighted by atomic mass is 35.5. The van der Waals surface area contributed by atoms with Gasteiger partial charge in [0.2, 0.25) is 6.79 Å². The lowest BCUT2D eigenvalue weighted by atomic mass is 9.82. The van der Waals surface area contributed by atoms with Crippen molar-refractivity contribution in [2.75, 3.05) is 12.5 Å². The summed E-state index contributed by atoms with van der Waals surface area (Å²) in [6, 6.07) is 3.46. The maximum atomic E-state index is 12.3. The molecule has 0 spiro atoms. The van der Waals surface area contributed by atoms with Crippen molar-refractivity contribution >= 4 is 35.3 Å². The smallest absolute Gasteiger partial charge is 0.355 e. The number of carbonyl (C=O) groups is 2. The number of fused-ring (bicyclic) bond motifs is 1. The molecule has 0 amide bonds. The number of halogens is 1. The Labute approximate surface area is 201 Å². The summed E-state index contributed by atoms with van der Waals surface area (Å²) in [6.07, 6.45) is 3.15. The van der Waals surface area contributed by atoms with Gasteiger partial charge in [0.25, 0.3) is 0 Å². The molecule has 0 radical (unpaired) electrons. The van der Waals surface area contributed by atoms with Gasteiger partial charge in [-0.25, -0.2) is 9.78 Å². The topological polar surface area (TPSA) is 111 Å². The van der Waals surface area contributed by atoms with Crippen LogP contribution in [-0.2, 0) is 11.3 Å². The van der Waals surface area contributed by atoms with E-state index >= 15 is 0 Å². The van der Waals surface area contributed by atoms with E-state index in [2.05, 4.69) is 0 Å². The maximum Gasteiger partial charge on any atom is 0.355 e. The van der Waals surface area contributed by atoms with Crippen molar-refractivity contribution in [1.29, 1.82) is 0 Å². The van der Waals surface area contributed by atoms with E-state index in [9.17, 15) is 19.8 Å². The summed E-state index contributed by atoms with van der Waals surface area (Å²) >= 11 is 7.86. The summed E-state index contributed by atoms with van der Waals surface area (Å²) in [4.78, 5) is 28.4. The average molecular weight is 495 g/mol. The molecule has 2 aliphatic rings. The van der Waals surface area contributed by atoms with Gasteiger partial charge in [-0.15, -0.1) is 11.8 Å². The number of carboxylic acid groups (broad SMARTS) is 2. The van der Waals surface area contributed by atoms with Crippen LogP contribution in [0.1, 0.15) is 67.3 Å². The van der Waals surface area contributed by atoms with Gasteiger partial charge >= 0.3 is 11.9 Å². The lowest BCUT2D eigenvalue weighted by molar-refractivity contribution is -0.143. The minimum absolute atomic E-state index is 0.00342. The van der Waals surface area contributed by atoms with Crippen LogP contribution in [0.3, 0.4) is 0 Å². The zero-order valence-corrected chi connectivity index (χ0v) is 20.1. The van der Waals surface area contributed by atoms with Crippen LogP contribution in [0.5, 0.6) is 11.5 Å². The highest BCUT2D eigenvalue weighted by Crippen LogP contribution is 2.39. The molecular formula is C23H27ClN2O6S. The molecule has 2 atom stereocenters. The van der Waals surface area contributed by atoms with Crippen molar-refractivity contribution in [1.82, 2.24) is 9.55 Å². The molecule has 178 valence electrons. The predicted molar refractivity (Wildman–Crippen MR) is 124 cm³/mol. The summed E-state index contributed by atoms with van der Waals surface area (Å²) in [6.45, 7) is 4.31. The zero-order valence-electron chi connectivity index (χ0n) is 18.5. The van der Waals surface area contributed by atoms with Crippen LogP contribution in [0, 0.1) is 11.8 Å². The Morgan fingerprint density at radius 1 is 1.24 bits per heavy atom. The van der Waals surface area contributed by atoms with Gasteiger partial charge in [-0.05, 0) is 36.8 Å². The Balaban J connectivity index is 1.61. The van der Waals surface area contributed by atoms with Gasteiger partial charge in [0, 0.05) is 22.8 Å². The lowest BCUT2D eigenvalue weighted by Crippen LogP contribution is -2.23. The Morgan fingerprint density at radius 3 is 2.64 bits per heavy atom. The van der Waals surface area contributed by atoms with Crippen molar-refractivity contribution in [2.45, 2.75) is 57.0 Å². The molecule has 4 rings (SSSR count). The van der Waals surface area contributed by atoms with E-state index in [1.807, 2.05) is 13.8 Å². The summed E-state index contributed by atoms with van der Waals surface area (Å²) in [5.74, 6) is 0.555. The molecule has 2 N–H and O–H groups in total. The van der Waals surface area contributed by atoms with Gasteiger partial charge in [-0.1, -0.05) is 31.9 Å². The van der Waals surface area contributed by atoms with Gasteiger partial charge in [0.15, 0.2) is 17.2 Å². The third-order valence-electron chi connectivity index (χ3n) is 6.14. The molecule has 1 saturated carbocycles. The molecular weight excluding hydrogens is 468 g/mol. The molecule has 2 aromatic rings. The fourth-order valence-electron chi connectivity index (χ4n) is 4.47. The molecule has 2 heterocycles. The van der Waals surface area contributed by atoms with Crippen LogP contribution in [0.25, 0.3) is 0 Å². The fourth-order valence-corrected chi connectivity index (χ4v) is 5.87. The number of ether oxygens (including phenoxy) is 2. The molecule has 8 nitrogen and oxygen atoms in total. The van der Waals surface area contributed by atoms with Crippen LogP contribution in [-0.4, -0.2) is 44.2 Å². The monoisotopic (exact) mass is 494 g/mol. The van der Waals surface area contributed by atoms with E-state index in [4.69, 9.17) is 26.1 Å². The molecule has 0 saturated heterocycles. The summed E-state index contributed by atoms with van der Waals surface area (Å²) in [5, 5.41) is 20.3. The number of rotatable bonds is 8. The molecule has 0 bridgehead atoms. The first-order valence-corrected chi connectivity index (χ1v) is 12.4. The molecule has 2 unspecified atom stereocenters. The van der Waals surface area contributed by atoms with E-state index in [1.165, 1.54) is 11.8 Å². The van der Waals surface area contributed by atoms with E-state index in [0.29, 0.717) is 46.0 Å². The Bertz CT molecular complexity index is 1070. The van der Waals surface area contributed by atoms with Crippen LogP contribution in [0.15, 0.2) is 17.2 Å². The number of aromatic carboxylic acids is 1.